The first-order valence-electron chi connectivity index (χ1n) is 8.09. The van der Waals surface area contributed by atoms with Crippen molar-refractivity contribution in [1.82, 2.24) is 15.1 Å². The zero-order chi connectivity index (χ0) is 15.1. The predicted octanol–water partition coefficient (Wildman–Crippen LogP) is 1.07. The Hall–Kier alpha value is -1.30. The van der Waals surface area contributed by atoms with Crippen LogP contribution in [0.25, 0.3) is 0 Å². The van der Waals surface area contributed by atoms with Crippen molar-refractivity contribution in [3.63, 3.8) is 0 Å². The average Bonchev–Trinajstić information content (AvgIpc) is 2.99. The molecule has 0 aromatic rings. The summed E-state index contributed by atoms with van der Waals surface area (Å²) in [7, 11) is 0. The van der Waals surface area contributed by atoms with Crippen molar-refractivity contribution >= 4 is 12.0 Å². The van der Waals surface area contributed by atoms with E-state index in [1.165, 1.54) is 32.5 Å². The summed E-state index contributed by atoms with van der Waals surface area (Å²) in [6.45, 7) is 7.28. The highest BCUT2D eigenvalue weighted by molar-refractivity contribution is 5.80. The summed E-state index contributed by atoms with van der Waals surface area (Å²) < 4.78 is 4.79. The SMILES string of the molecule is CCOC(=O)CNC(=O)N1CCC(CN2CCCC2)CC1. The summed E-state index contributed by atoms with van der Waals surface area (Å²) in [6, 6.07) is -0.150. The van der Waals surface area contributed by atoms with Crippen molar-refractivity contribution in [2.75, 3.05) is 45.9 Å². The standard InChI is InChI=1S/C15H27N3O3/c1-2-21-14(19)11-16-15(20)18-9-5-13(6-10-18)12-17-7-3-4-8-17/h13H,2-12H2,1H3,(H,16,20). The largest absolute Gasteiger partial charge is 0.465 e. The number of hydrogen-bond donors (Lipinski definition) is 1. The van der Waals surface area contributed by atoms with Gasteiger partial charge in [0.25, 0.3) is 0 Å². The normalized spacial score (nSPS) is 20.5. The lowest BCUT2D eigenvalue weighted by Gasteiger charge is -2.33. The van der Waals surface area contributed by atoms with Gasteiger partial charge in [0.2, 0.25) is 0 Å². The number of urea groups is 1. The molecule has 0 radical (unpaired) electrons. The van der Waals surface area contributed by atoms with Crippen LogP contribution in [0.15, 0.2) is 0 Å². The van der Waals surface area contributed by atoms with Crippen LogP contribution in [0, 0.1) is 5.92 Å². The van der Waals surface area contributed by atoms with E-state index in [2.05, 4.69) is 10.2 Å². The second-order valence-electron chi connectivity index (χ2n) is 5.90. The van der Waals surface area contributed by atoms with Gasteiger partial charge in [-0.1, -0.05) is 0 Å². The Labute approximate surface area is 126 Å². The summed E-state index contributed by atoms with van der Waals surface area (Å²) in [5.41, 5.74) is 0. The van der Waals surface area contributed by atoms with E-state index in [1.54, 1.807) is 11.8 Å². The van der Waals surface area contributed by atoms with Gasteiger partial charge in [0.15, 0.2) is 0 Å². The molecule has 21 heavy (non-hydrogen) atoms. The highest BCUT2D eigenvalue weighted by atomic mass is 16.5. The maximum absolute atomic E-state index is 12.0. The topological polar surface area (TPSA) is 61.9 Å². The average molecular weight is 297 g/mol. The Bertz CT molecular complexity index is 348. The van der Waals surface area contributed by atoms with E-state index in [-0.39, 0.29) is 18.5 Å². The third kappa shape index (κ3) is 5.19. The number of rotatable bonds is 5. The molecule has 2 rings (SSSR count). The highest BCUT2D eigenvalue weighted by Crippen LogP contribution is 2.20. The van der Waals surface area contributed by atoms with Crippen molar-refractivity contribution < 1.29 is 14.3 Å². The number of piperidine rings is 1. The molecule has 0 unspecified atom stereocenters. The number of esters is 1. The zero-order valence-electron chi connectivity index (χ0n) is 13.0. The van der Waals surface area contributed by atoms with E-state index in [9.17, 15) is 9.59 Å². The Morgan fingerprint density at radius 2 is 1.81 bits per heavy atom. The Morgan fingerprint density at radius 3 is 2.43 bits per heavy atom. The minimum Gasteiger partial charge on any atom is -0.465 e. The fourth-order valence-corrected chi connectivity index (χ4v) is 3.12. The number of carbonyl (C=O) groups is 2. The number of ether oxygens (including phenoxy) is 1. The second kappa shape index (κ2) is 8.22. The molecule has 0 saturated carbocycles. The molecule has 2 fully saturated rings. The van der Waals surface area contributed by atoms with E-state index < -0.39 is 0 Å². The first-order chi connectivity index (χ1) is 10.2. The van der Waals surface area contributed by atoms with Crippen LogP contribution < -0.4 is 5.32 Å². The molecule has 6 heteroatoms. The smallest absolute Gasteiger partial charge is 0.325 e. The van der Waals surface area contributed by atoms with Crippen LogP contribution in [-0.4, -0.2) is 67.7 Å². The fourth-order valence-electron chi connectivity index (χ4n) is 3.12. The van der Waals surface area contributed by atoms with E-state index in [4.69, 9.17) is 4.74 Å². The number of nitrogens with one attached hydrogen (secondary N) is 1. The van der Waals surface area contributed by atoms with Crippen molar-refractivity contribution in [2.24, 2.45) is 5.92 Å². The highest BCUT2D eigenvalue weighted by Gasteiger charge is 2.25. The van der Waals surface area contributed by atoms with Crippen LogP contribution >= 0.6 is 0 Å². The number of carbonyl (C=O) groups excluding carboxylic acids is 2. The molecular weight excluding hydrogens is 270 g/mol. The van der Waals surface area contributed by atoms with Crippen molar-refractivity contribution in [3.8, 4) is 0 Å². The molecule has 2 heterocycles. The maximum atomic E-state index is 12.0. The van der Waals surface area contributed by atoms with Crippen LogP contribution in [0.1, 0.15) is 32.6 Å². The summed E-state index contributed by atoms with van der Waals surface area (Å²) >= 11 is 0. The first kappa shape index (κ1) is 16.1. The summed E-state index contributed by atoms with van der Waals surface area (Å²) in [5.74, 6) is 0.326. The molecule has 0 aromatic heterocycles. The van der Waals surface area contributed by atoms with Crippen LogP contribution in [0.2, 0.25) is 0 Å². The van der Waals surface area contributed by atoms with Gasteiger partial charge in [0.1, 0.15) is 6.54 Å². The molecule has 2 amide bonds. The summed E-state index contributed by atoms with van der Waals surface area (Å²) in [5, 5.41) is 2.63. The quantitative estimate of drug-likeness (QED) is 0.771. The Balaban J connectivity index is 1.63. The van der Waals surface area contributed by atoms with Crippen molar-refractivity contribution in [1.29, 1.82) is 0 Å². The van der Waals surface area contributed by atoms with Gasteiger partial charge in [-0.3, -0.25) is 4.79 Å². The predicted molar refractivity (Wildman–Crippen MR) is 80.0 cm³/mol. The summed E-state index contributed by atoms with van der Waals surface area (Å²) in [4.78, 5) is 27.5. The van der Waals surface area contributed by atoms with Crippen molar-refractivity contribution in [3.05, 3.63) is 0 Å². The minimum absolute atomic E-state index is 0.0413. The van der Waals surface area contributed by atoms with Gasteiger partial charge in [0.05, 0.1) is 6.61 Å². The molecule has 1 N–H and O–H groups in total. The second-order valence-corrected chi connectivity index (χ2v) is 5.90. The van der Waals surface area contributed by atoms with Crippen molar-refractivity contribution in [2.45, 2.75) is 32.6 Å². The molecule has 0 aromatic carbocycles. The van der Waals surface area contributed by atoms with Gasteiger partial charge in [-0.05, 0) is 51.6 Å². The third-order valence-corrected chi connectivity index (χ3v) is 4.31. The maximum Gasteiger partial charge on any atom is 0.325 e. The van der Waals surface area contributed by atoms with Crippen LogP contribution in [0.4, 0.5) is 4.79 Å². The van der Waals surface area contributed by atoms with Gasteiger partial charge < -0.3 is 19.9 Å². The molecule has 0 bridgehead atoms. The molecule has 2 aliphatic heterocycles. The van der Waals surface area contributed by atoms with Crippen LogP contribution in [0.5, 0.6) is 0 Å². The third-order valence-electron chi connectivity index (χ3n) is 4.31. The first-order valence-corrected chi connectivity index (χ1v) is 8.09. The number of likely N-dealkylation sites (tertiary alicyclic amines) is 2. The molecular formula is C15H27N3O3. The molecule has 120 valence electrons. The minimum atomic E-state index is -0.380. The molecule has 6 nitrogen and oxygen atoms in total. The van der Waals surface area contributed by atoms with E-state index in [0.717, 1.165) is 25.9 Å². The van der Waals surface area contributed by atoms with Gasteiger partial charge in [-0.25, -0.2) is 4.79 Å². The zero-order valence-corrected chi connectivity index (χ0v) is 13.0. The van der Waals surface area contributed by atoms with Crippen LogP contribution in [0.3, 0.4) is 0 Å². The molecule has 2 saturated heterocycles. The number of amides is 2. The van der Waals surface area contributed by atoms with Gasteiger partial charge in [-0.15, -0.1) is 0 Å². The molecule has 0 spiro atoms. The number of hydrogen-bond acceptors (Lipinski definition) is 4. The van der Waals surface area contributed by atoms with Crippen LogP contribution in [-0.2, 0) is 9.53 Å². The summed E-state index contributed by atoms with van der Waals surface area (Å²) in [6.07, 6.45) is 4.77. The lowest BCUT2D eigenvalue weighted by molar-refractivity contribution is -0.141. The molecule has 0 atom stereocenters. The number of nitrogens with zero attached hydrogens (tertiary/aromatic N) is 2. The fraction of sp³-hybridized carbons (Fsp3) is 0.867. The lowest BCUT2D eigenvalue weighted by Crippen LogP contribution is -2.47. The molecule has 0 aliphatic carbocycles. The molecule has 2 aliphatic rings. The monoisotopic (exact) mass is 297 g/mol. The Morgan fingerprint density at radius 1 is 1.14 bits per heavy atom. The van der Waals surface area contributed by atoms with Gasteiger partial charge in [-0.2, -0.15) is 0 Å². The Kier molecular flexibility index (Phi) is 6.29. The van der Waals surface area contributed by atoms with E-state index in [1.807, 2.05) is 0 Å². The van der Waals surface area contributed by atoms with E-state index in [0.29, 0.717) is 12.5 Å². The van der Waals surface area contributed by atoms with E-state index >= 15 is 0 Å². The van der Waals surface area contributed by atoms with Gasteiger partial charge >= 0.3 is 12.0 Å². The van der Waals surface area contributed by atoms with Gasteiger partial charge in [0, 0.05) is 19.6 Å². The lowest BCUT2D eigenvalue weighted by atomic mass is 9.96.